The standard InChI is InChI=1S/C8H12O3/c1-4(9)2-5-6(10)3-7-8(5)11-7/h5-8,10H,2-3H2,1H3/t5-,6+,7+,8-/m1/s1. The number of aliphatic hydroxyl groups excluding tert-OH is 1. The van der Waals surface area contributed by atoms with E-state index in [9.17, 15) is 9.90 Å². The molecule has 2 aliphatic rings. The highest BCUT2D eigenvalue weighted by Gasteiger charge is 2.55. The molecule has 62 valence electrons. The van der Waals surface area contributed by atoms with Crippen LogP contribution in [0.3, 0.4) is 0 Å². The molecule has 0 aromatic carbocycles. The number of ketones is 1. The topological polar surface area (TPSA) is 49.8 Å². The summed E-state index contributed by atoms with van der Waals surface area (Å²) in [6.07, 6.45) is 1.34. The van der Waals surface area contributed by atoms with Gasteiger partial charge in [0, 0.05) is 18.8 Å². The number of rotatable bonds is 2. The monoisotopic (exact) mass is 156 g/mol. The van der Waals surface area contributed by atoms with E-state index in [-0.39, 0.29) is 30.0 Å². The van der Waals surface area contributed by atoms with Crippen LogP contribution < -0.4 is 0 Å². The molecule has 1 saturated carbocycles. The predicted octanol–water partition coefficient (Wildman–Crippen LogP) is 0.114. The Balaban J connectivity index is 1.96. The van der Waals surface area contributed by atoms with E-state index in [0.717, 1.165) is 6.42 Å². The summed E-state index contributed by atoms with van der Waals surface area (Å²) in [6.45, 7) is 1.56. The lowest BCUT2D eigenvalue weighted by molar-refractivity contribution is -0.119. The van der Waals surface area contributed by atoms with Gasteiger partial charge in [-0.25, -0.2) is 0 Å². The van der Waals surface area contributed by atoms with Crippen molar-refractivity contribution in [1.29, 1.82) is 0 Å². The quantitative estimate of drug-likeness (QED) is 0.577. The predicted molar refractivity (Wildman–Crippen MR) is 38.1 cm³/mol. The first-order valence-electron chi connectivity index (χ1n) is 4.01. The fourth-order valence-corrected chi connectivity index (χ4v) is 1.94. The molecule has 3 nitrogen and oxygen atoms in total. The second kappa shape index (κ2) is 2.29. The van der Waals surface area contributed by atoms with Gasteiger partial charge in [0.2, 0.25) is 0 Å². The lowest BCUT2D eigenvalue weighted by Crippen LogP contribution is -2.22. The molecule has 1 saturated heterocycles. The van der Waals surface area contributed by atoms with Gasteiger partial charge < -0.3 is 14.6 Å². The molecule has 1 aliphatic heterocycles. The second-order valence-electron chi connectivity index (χ2n) is 3.51. The maximum atomic E-state index is 10.7. The third kappa shape index (κ3) is 1.19. The van der Waals surface area contributed by atoms with Crippen LogP contribution in [0.2, 0.25) is 0 Å². The number of carbonyl (C=O) groups excluding carboxylic acids is 1. The lowest BCUT2D eigenvalue weighted by Gasteiger charge is -2.14. The van der Waals surface area contributed by atoms with E-state index < -0.39 is 0 Å². The summed E-state index contributed by atoms with van der Waals surface area (Å²) in [5.74, 6) is 0.225. The SMILES string of the molecule is CC(=O)C[C@H]1[C@H]2O[C@H]2C[C@@H]1O. The van der Waals surface area contributed by atoms with Crippen LogP contribution >= 0.6 is 0 Å². The zero-order valence-electron chi connectivity index (χ0n) is 6.49. The van der Waals surface area contributed by atoms with Crippen LogP contribution in [0.5, 0.6) is 0 Å². The molecule has 2 fully saturated rings. The summed E-state index contributed by atoms with van der Waals surface area (Å²) < 4.78 is 5.22. The molecule has 1 heterocycles. The van der Waals surface area contributed by atoms with Gasteiger partial charge in [-0.15, -0.1) is 0 Å². The van der Waals surface area contributed by atoms with Crippen molar-refractivity contribution in [2.75, 3.05) is 0 Å². The molecular weight excluding hydrogens is 144 g/mol. The number of ether oxygens (including phenoxy) is 1. The van der Waals surface area contributed by atoms with E-state index in [1.165, 1.54) is 0 Å². The van der Waals surface area contributed by atoms with Crippen LogP contribution in [0.1, 0.15) is 19.8 Å². The van der Waals surface area contributed by atoms with Gasteiger partial charge in [-0.1, -0.05) is 0 Å². The maximum Gasteiger partial charge on any atom is 0.130 e. The summed E-state index contributed by atoms with van der Waals surface area (Å²) in [4.78, 5) is 10.7. The fraction of sp³-hybridized carbons (Fsp3) is 0.875. The van der Waals surface area contributed by atoms with Gasteiger partial charge in [-0.3, -0.25) is 0 Å². The third-order valence-corrected chi connectivity index (χ3v) is 2.53. The van der Waals surface area contributed by atoms with Crippen molar-refractivity contribution in [2.24, 2.45) is 5.92 Å². The summed E-state index contributed by atoms with van der Waals surface area (Å²) in [7, 11) is 0. The first-order valence-corrected chi connectivity index (χ1v) is 4.01. The summed E-state index contributed by atoms with van der Waals surface area (Å²) >= 11 is 0. The molecule has 11 heavy (non-hydrogen) atoms. The number of aliphatic hydroxyl groups is 1. The van der Waals surface area contributed by atoms with Crippen molar-refractivity contribution >= 4 is 5.78 Å². The number of hydrogen-bond donors (Lipinski definition) is 1. The van der Waals surface area contributed by atoms with Gasteiger partial charge >= 0.3 is 0 Å². The van der Waals surface area contributed by atoms with E-state index in [2.05, 4.69) is 0 Å². The number of epoxide rings is 1. The first-order chi connectivity index (χ1) is 5.18. The first kappa shape index (κ1) is 7.25. The van der Waals surface area contributed by atoms with Crippen LogP contribution in [0.25, 0.3) is 0 Å². The van der Waals surface area contributed by atoms with Gasteiger partial charge in [0.25, 0.3) is 0 Å². The van der Waals surface area contributed by atoms with Crippen molar-refractivity contribution in [2.45, 2.75) is 38.1 Å². The van der Waals surface area contributed by atoms with Crippen LogP contribution in [0, 0.1) is 5.92 Å². The van der Waals surface area contributed by atoms with Gasteiger partial charge in [0.05, 0.1) is 18.3 Å². The van der Waals surface area contributed by atoms with Gasteiger partial charge in [0.1, 0.15) is 5.78 Å². The van der Waals surface area contributed by atoms with Crippen molar-refractivity contribution in [3.63, 3.8) is 0 Å². The molecule has 0 aromatic heterocycles. The highest BCUT2D eigenvalue weighted by atomic mass is 16.6. The molecule has 4 atom stereocenters. The molecule has 3 heteroatoms. The minimum absolute atomic E-state index is 0.0810. The Hall–Kier alpha value is -0.410. The molecule has 1 N–H and O–H groups in total. The minimum atomic E-state index is -0.303. The van der Waals surface area contributed by atoms with Crippen LogP contribution in [0.15, 0.2) is 0 Å². The van der Waals surface area contributed by atoms with Crippen LogP contribution in [0.4, 0.5) is 0 Å². The molecule has 0 amide bonds. The Morgan fingerprint density at radius 2 is 2.45 bits per heavy atom. The van der Waals surface area contributed by atoms with Crippen molar-refractivity contribution < 1.29 is 14.6 Å². The lowest BCUT2D eigenvalue weighted by atomic mass is 9.99. The van der Waals surface area contributed by atoms with Crippen molar-refractivity contribution in [1.82, 2.24) is 0 Å². The van der Waals surface area contributed by atoms with Crippen molar-refractivity contribution in [3.8, 4) is 0 Å². The number of Topliss-reactive ketones (excluding diaryl/α,β-unsaturated/α-hetero) is 1. The Morgan fingerprint density at radius 1 is 1.73 bits per heavy atom. The van der Waals surface area contributed by atoms with Gasteiger partial charge in [-0.05, 0) is 6.92 Å². The van der Waals surface area contributed by atoms with Crippen molar-refractivity contribution in [3.05, 3.63) is 0 Å². The molecule has 0 unspecified atom stereocenters. The zero-order chi connectivity index (χ0) is 8.01. The summed E-state index contributed by atoms with van der Waals surface area (Å²) in [6, 6.07) is 0. The molecular formula is C8H12O3. The summed E-state index contributed by atoms with van der Waals surface area (Å²) in [5.41, 5.74) is 0. The van der Waals surface area contributed by atoms with Gasteiger partial charge in [-0.2, -0.15) is 0 Å². The highest BCUT2D eigenvalue weighted by molar-refractivity contribution is 5.76. The Kier molecular flexibility index (Phi) is 1.51. The number of fused-ring (bicyclic) bond motifs is 1. The Morgan fingerprint density at radius 3 is 2.91 bits per heavy atom. The van der Waals surface area contributed by atoms with E-state index in [1.54, 1.807) is 6.92 Å². The van der Waals surface area contributed by atoms with Gasteiger partial charge in [0.15, 0.2) is 0 Å². The number of hydrogen-bond acceptors (Lipinski definition) is 3. The van der Waals surface area contributed by atoms with E-state index in [4.69, 9.17) is 4.74 Å². The average Bonchev–Trinajstić information content (AvgIpc) is 2.56. The largest absolute Gasteiger partial charge is 0.393 e. The van der Waals surface area contributed by atoms with Crippen LogP contribution in [-0.4, -0.2) is 29.2 Å². The summed E-state index contributed by atoms with van der Waals surface area (Å²) in [5, 5.41) is 9.41. The van der Waals surface area contributed by atoms with E-state index in [0.29, 0.717) is 6.42 Å². The highest BCUT2D eigenvalue weighted by Crippen LogP contribution is 2.44. The average molecular weight is 156 g/mol. The number of carbonyl (C=O) groups is 1. The molecule has 0 aromatic rings. The molecule has 2 rings (SSSR count). The second-order valence-corrected chi connectivity index (χ2v) is 3.51. The van der Waals surface area contributed by atoms with Crippen LogP contribution in [-0.2, 0) is 9.53 Å². The Labute approximate surface area is 65.4 Å². The molecule has 0 spiro atoms. The zero-order valence-corrected chi connectivity index (χ0v) is 6.49. The normalized spacial score (nSPS) is 47.1. The molecule has 0 radical (unpaired) electrons. The van der Waals surface area contributed by atoms with E-state index >= 15 is 0 Å². The third-order valence-electron chi connectivity index (χ3n) is 2.53. The molecule has 0 bridgehead atoms. The van der Waals surface area contributed by atoms with E-state index in [1.807, 2.05) is 0 Å². The smallest absolute Gasteiger partial charge is 0.130 e. The fourth-order valence-electron chi connectivity index (χ4n) is 1.94. The maximum absolute atomic E-state index is 10.7. The molecule has 1 aliphatic carbocycles. The minimum Gasteiger partial charge on any atom is -0.393 e. The Bertz CT molecular complexity index is 188.